The van der Waals surface area contributed by atoms with Crippen LogP contribution in [-0.4, -0.2) is 37.0 Å². The molecule has 0 bridgehead atoms. The van der Waals surface area contributed by atoms with Crippen LogP contribution in [0.4, 0.5) is 5.82 Å². The molecule has 1 saturated heterocycles. The third-order valence-corrected chi connectivity index (χ3v) is 3.92. The number of nitrogens with zero attached hydrogens (tertiary/aromatic N) is 2. The molecule has 1 aliphatic rings. The van der Waals surface area contributed by atoms with Crippen molar-refractivity contribution in [1.82, 2.24) is 15.1 Å². The predicted molar refractivity (Wildman–Crippen MR) is 66.4 cm³/mol. The highest BCUT2D eigenvalue weighted by molar-refractivity contribution is 7.92. The van der Waals surface area contributed by atoms with Crippen LogP contribution in [0.1, 0.15) is 12.5 Å². The molecule has 2 heterocycles. The molecule has 7 heteroatoms. The number of sulfonamides is 1. The van der Waals surface area contributed by atoms with Gasteiger partial charge in [-0.2, -0.15) is 5.10 Å². The van der Waals surface area contributed by atoms with E-state index in [4.69, 9.17) is 0 Å². The van der Waals surface area contributed by atoms with Gasteiger partial charge in [0.05, 0.1) is 18.0 Å². The van der Waals surface area contributed by atoms with E-state index in [2.05, 4.69) is 21.7 Å². The molecular weight excluding hydrogens is 240 g/mol. The van der Waals surface area contributed by atoms with E-state index in [-0.39, 0.29) is 11.8 Å². The summed E-state index contributed by atoms with van der Waals surface area (Å²) in [5.74, 6) is 0.575. The second-order valence-electron chi connectivity index (χ2n) is 3.97. The number of hydrogen-bond acceptors (Lipinski definition) is 4. The van der Waals surface area contributed by atoms with Crippen LogP contribution in [0.5, 0.6) is 0 Å². The molecular formula is C10H16N4O2S. The zero-order chi connectivity index (χ0) is 12.3. The van der Waals surface area contributed by atoms with Crippen molar-refractivity contribution in [3.63, 3.8) is 0 Å². The Balaban J connectivity index is 2.07. The van der Waals surface area contributed by atoms with Crippen molar-refractivity contribution >= 4 is 15.8 Å². The Labute approximate surface area is 101 Å². The molecule has 1 aromatic rings. The summed E-state index contributed by atoms with van der Waals surface area (Å²) >= 11 is 0. The van der Waals surface area contributed by atoms with Gasteiger partial charge in [-0.05, 0) is 6.42 Å². The van der Waals surface area contributed by atoms with Crippen molar-refractivity contribution < 1.29 is 8.42 Å². The standard InChI is InChI=1S/C10H16N4O2S/c1-2-3-6-17(15,16)13-10-4-5-12-14(10)9-7-11-8-9/h2,4-5,9,11,13H,1,3,6-8H2. The Morgan fingerprint density at radius 3 is 3.00 bits per heavy atom. The predicted octanol–water partition coefficient (Wildman–Crippen LogP) is 0.345. The first kappa shape index (κ1) is 12.1. The Bertz CT molecular complexity index is 490. The molecule has 1 aliphatic heterocycles. The van der Waals surface area contributed by atoms with Gasteiger partial charge in [0.15, 0.2) is 0 Å². The van der Waals surface area contributed by atoms with E-state index in [9.17, 15) is 8.42 Å². The number of anilines is 1. The van der Waals surface area contributed by atoms with Gasteiger partial charge in [-0.1, -0.05) is 6.08 Å². The molecule has 0 atom stereocenters. The van der Waals surface area contributed by atoms with E-state index in [1.165, 1.54) is 0 Å². The molecule has 94 valence electrons. The minimum absolute atomic E-state index is 0.0462. The molecule has 2 rings (SSSR count). The minimum Gasteiger partial charge on any atom is -0.312 e. The fraction of sp³-hybridized carbons (Fsp3) is 0.500. The molecule has 0 unspecified atom stereocenters. The van der Waals surface area contributed by atoms with E-state index < -0.39 is 10.0 Å². The van der Waals surface area contributed by atoms with E-state index in [1.54, 1.807) is 23.0 Å². The molecule has 0 aliphatic carbocycles. The second kappa shape index (κ2) is 4.89. The van der Waals surface area contributed by atoms with E-state index >= 15 is 0 Å². The number of allylic oxidation sites excluding steroid dienone is 1. The molecule has 2 N–H and O–H groups in total. The topological polar surface area (TPSA) is 76.0 Å². The quantitative estimate of drug-likeness (QED) is 0.720. The van der Waals surface area contributed by atoms with Crippen molar-refractivity contribution in [3.05, 3.63) is 24.9 Å². The van der Waals surface area contributed by atoms with Gasteiger partial charge < -0.3 is 5.32 Å². The van der Waals surface area contributed by atoms with Crippen molar-refractivity contribution in [2.45, 2.75) is 12.5 Å². The maximum atomic E-state index is 11.7. The van der Waals surface area contributed by atoms with Crippen LogP contribution in [-0.2, 0) is 10.0 Å². The van der Waals surface area contributed by atoms with Crippen molar-refractivity contribution in [1.29, 1.82) is 0 Å². The van der Waals surface area contributed by atoms with Gasteiger partial charge in [0.2, 0.25) is 10.0 Å². The Hall–Kier alpha value is -1.34. The van der Waals surface area contributed by atoms with Crippen LogP contribution in [0, 0.1) is 0 Å². The van der Waals surface area contributed by atoms with Crippen LogP contribution in [0.2, 0.25) is 0 Å². The van der Waals surface area contributed by atoms with E-state index in [0.29, 0.717) is 12.2 Å². The van der Waals surface area contributed by atoms with Crippen molar-refractivity contribution in [2.75, 3.05) is 23.6 Å². The molecule has 0 spiro atoms. The summed E-state index contributed by atoms with van der Waals surface area (Å²) in [6.07, 6.45) is 3.63. The normalized spacial score (nSPS) is 16.5. The first-order valence-electron chi connectivity index (χ1n) is 5.48. The van der Waals surface area contributed by atoms with Crippen LogP contribution < -0.4 is 10.0 Å². The highest BCUT2D eigenvalue weighted by Crippen LogP contribution is 2.18. The Kier molecular flexibility index (Phi) is 3.49. The molecule has 0 amide bonds. The highest BCUT2D eigenvalue weighted by atomic mass is 32.2. The maximum Gasteiger partial charge on any atom is 0.234 e. The van der Waals surface area contributed by atoms with Gasteiger partial charge in [-0.15, -0.1) is 6.58 Å². The monoisotopic (exact) mass is 256 g/mol. The maximum absolute atomic E-state index is 11.7. The number of nitrogens with one attached hydrogen (secondary N) is 2. The average molecular weight is 256 g/mol. The van der Waals surface area contributed by atoms with E-state index in [1.807, 2.05) is 0 Å². The number of hydrogen-bond donors (Lipinski definition) is 2. The van der Waals surface area contributed by atoms with Crippen LogP contribution in [0.3, 0.4) is 0 Å². The first-order chi connectivity index (χ1) is 8.12. The fourth-order valence-electron chi connectivity index (χ4n) is 1.58. The van der Waals surface area contributed by atoms with E-state index in [0.717, 1.165) is 13.1 Å². The minimum atomic E-state index is -3.31. The summed E-state index contributed by atoms with van der Waals surface area (Å²) in [5.41, 5.74) is 0. The summed E-state index contributed by atoms with van der Waals surface area (Å²) < 4.78 is 27.7. The van der Waals surface area contributed by atoms with Gasteiger partial charge in [0.1, 0.15) is 5.82 Å². The summed E-state index contributed by atoms with van der Waals surface area (Å²) in [6, 6.07) is 1.91. The summed E-state index contributed by atoms with van der Waals surface area (Å²) in [6.45, 7) is 5.16. The number of aromatic nitrogens is 2. The molecule has 1 fully saturated rings. The Morgan fingerprint density at radius 1 is 1.65 bits per heavy atom. The first-order valence-corrected chi connectivity index (χ1v) is 7.13. The highest BCUT2D eigenvalue weighted by Gasteiger charge is 2.23. The third kappa shape index (κ3) is 2.86. The van der Waals surface area contributed by atoms with Crippen LogP contribution >= 0.6 is 0 Å². The molecule has 0 aromatic carbocycles. The summed E-state index contributed by atoms with van der Waals surface area (Å²) in [7, 11) is -3.31. The van der Waals surface area contributed by atoms with Gasteiger partial charge in [0.25, 0.3) is 0 Å². The summed E-state index contributed by atoms with van der Waals surface area (Å²) in [4.78, 5) is 0. The summed E-state index contributed by atoms with van der Waals surface area (Å²) in [5, 5.41) is 7.25. The zero-order valence-corrected chi connectivity index (χ0v) is 10.3. The second-order valence-corrected chi connectivity index (χ2v) is 5.81. The van der Waals surface area contributed by atoms with Gasteiger partial charge in [0, 0.05) is 19.2 Å². The molecule has 0 radical (unpaired) electrons. The third-order valence-electron chi connectivity index (χ3n) is 2.63. The molecule has 1 aromatic heterocycles. The van der Waals surface area contributed by atoms with Crippen LogP contribution in [0.15, 0.2) is 24.9 Å². The molecule has 17 heavy (non-hydrogen) atoms. The van der Waals surface area contributed by atoms with Gasteiger partial charge in [-0.25, -0.2) is 13.1 Å². The lowest BCUT2D eigenvalue weighted by Crippen LogP contribution is -2.44. The van der Waals surface area contributed by atoms with Crippen LogP contribution in [0.25, 0.3) is 0 Å². The molecule has 6 nitrogen and oxygen atoms in total. The largest absolute Gasteiger partial charge is 0.312 e. The molecule has 0 saturated carbocycles. The fourth-order valence-corrected chi connectivity index (χ4v) is 2.64. The number of rotatable bonds is 6. The smallest absolute Gasteiger partial charge is 0.234 e. The lowest BCUT2D eigenvalue weighted by molar-refractivity contribution is 0.322. The SMILES string of the molecule is C=CCCS(=O)(=O)Nc1ccnn1C1CNC1. The lowest BCUT2D eigenvalue weighted by atomic mass is 10.2. The van der Waals surface area contributed by atoms with Crippen molar-refractivity contribution in [3.8, 4) is 0 Å². The van der Waals surface area contributed by atoms with Gasteiger partial charge in [-0.3, -0.25) is 4.72 Å². The average Bonchev–Trinajstić information content (AvgIpc) is 2.60. The lowest BCUT2D eigenvalue weighted by Gasteiger charge is -2.28. The van der Waals surface area contributed by atoms with Crippen molar-refractivity contribution in [2.24, 2.45) is 0 Å². The zero-order valence-electron chi connectivity index (χ0n) is 9.46. The van der Waals surface area contributed by atoms with Gasteiger partial charge >= 0.3 is 0 Å². The Morgan fingerprint density at radius 2 is 2.41 bits per heavy atom.